The first-order valence-electron chi connectivity index (χ1n) is 3.81. The summed E-state index contributed by atoms with van der Waals surface area (Å²) in [7, 11) is 1.80. The zero-order valence-corrected chi connectivity index (χ0v) is 9.05. The van der Waals surface area contributed by atoms with E-state index in [9.17, 15) is 0 Å². The van der Waals surface area contributed by atoms with Crippen molar-refractivity contribution in [2.24, 2.45) is 7.05 Å². The van der Waals surface area contributed by atoms with Crippen LogP contribution in [-0.4, -0.2) is 25.2 Å². The van der Waals surface area contributed by atoms with E-state index in [4.69, 9.17) is 5.73 Å². The van der Waals surface area contributed by atoms with Crippen molar-refractivity contribution >= 4 is 28.2 Å². The van der Waals surface area contributed by atoms with E-state index >= 15 is 0 Å². The molecule has 2 N–H and O–H groups in total. The van der Waals surface area contributed by atoms with Crippen LogP contribution >= 0.6 is 23.1 Å². The fourth-order valence-corrected chi connectivity index (χ4v) is 2.28. The van der Waals surface area contributed by atoms with Crippen LogP contribution in [0, 0.1) is 0 Å². The second-order valence-corrected chi connectivity index (χ2v) is 4.38. The molecule has 0 unspecified atom stereocenters. The number of rotatable bonds is 3. The molecule has 0 amide bonds. The van der Waals surface area contributed by atoms with Gasteiger partial charge in [0.15, 0.2) is 5.13 Å². The van der Waals surface area contributed by atoms with Crippen LogP contribution in [0.25, 0.3) is 0 Å². The van der Waals surface area contributed by atoms with Gasteiger partial charge in [0.25, 0.3) is 0 Å². The van der Waals surface area contributed by atoms with Crippen LogP contribution in [0.4, 0.5) is 5.13 Å². The van der Waals surface area contributed by atoms with Gasteiger partial charge in [0.05, 0.1) is 5.69 Å². The average Bonchev–Trinajstić information content (AvgIpc) is 2.72. The second kappa shape index (κ2) is 3.93. The van der Waals surface area contributed by atoms with Gasteiger partial charge in [-0.25, -0.2) is 9.67 Å². The number of nitrogens with two attached hydrogens (primary N) is 1. The summed E-state index contributed by atoms with van der Waals surface area (Å²) in [4.78, 5) is 4.14. The fourth-order valence-electron chi connectivity index (χ4n) is 0.871. The van der Waals surface area contributed by atoms with Crippen LogP contribution < -0.4 is 5.73 Å². The third-order valence-electron chi connectivity index (χ3n) is 1.50. The molecule has 0 saturated carbocycles. The highest BCUT2D eigenvalue weighted by molar-refractivity contribution is 7.98. The van der Waals surface area contributed by atoms with E-state index in [0.29, 0.717) is 5.13 Å². The number of tetrazole rings is 1. The largest absolute Gasteiger partial charge is 0.375 e. The van der Waals surface area contributed by atoms with Gasteiger partial charge in [0.1, 0.15) is 0 Å². The molecule has 0 aliphatic rings. The minimum atomic E-state index is 0.594. The van der Waals surface area contributed by atoms with Gasteiger partial charge in [-0.1, -0.05) is 11.8 Å². The smallest absolute Gasteiger partial charge is 0.209 e. The Labute approximate surface area is 88.5 Å². The molecule has 0 saturated heterocycles. The van der Waals surface area contributed by atoms with Crippen LogP contribution in [-0.2, 0) is 12.8 Å². The van der Waals surface area contributed by atoms with Crippen LogP contribution in [0.1, 0.15) is 5.69 Å². The number of thioether (sulfide) groups is 1. The van der Waals surface area contributed by atoms with E-state index < -0.39 is 0 Å². The van der Waals surface area contributed by atoms with Crippen molar-refractivity contribution in [2.45, 2.75) is 10.9 Å². The van der Waals surface area contributed by atoms with E-state index in [2.05, 4.69) is 20.5 Å². The van der Waals surface area contributed by atoms with Gasteiger partial charge in [-0.15, -0.1) is 16.4 Å². The first-order valence-corrected chi connectivity index (χ1v) is 5.67. The molecule has 2 aromatic heterocycles. The van der Waals surface area contributed by atoms with Crippen molar-refractivity contribution in [3.63, 3.8) is 0 Å². The van der Waals surface area contributed by atoms with Crippen LogP contribution in [0.3, 0.4) is 0 Å². The normalized spacial score (nSPS) is 10.6. The van der Waals surface area contributed by atoms with Gasteiger partial charge in [-0.05, 0) is 10.4 Å². The highest BCUT2D eigenvalue weighted by Crippen LogP contribution is 2.21. The summed E-state index contributed by atoms with van der Waals surface area (Å²) in [6.45, 7) is 0. The highest BCUT2D eigenvalue weighted by atomic mass is 32.2. The molecule has 0 bridgehead atoms. The molecule has 0 spiro atoms. The number of hydrogen-bond donors (Lipinski definition) is 1. The van der Waals surface area contributed by atoms with Crippen molar-refractivity contribution < 1.29 is 0 Å². The summed E-state index contributed by atoms with van der Waals surface area (Å²) in [5, 5.41) is 14.4. The molecule has 2 rings (SSSR count). The summed E-state index contributed by atoms with van der Waals surface area (Å²) in [6.07, 6.45) is 0. The lowest BCUT2D eigenvalue weighted by Crippen LogP contribution is -1.93. The van der Waals surface area contributed by atoms with Gasteiger partial charge in [0.2, 0.25) is 5.16 Å². The van der Waals surface area contributed by atoms with E-state index in [1.54, 1.807) is 11.7 Å². The highest BCUT2D eigenvalue weighted by Gasteiger charge is 2.05. The summed E-state index contributed by atoms with van der Waals surface area (Å²) >= 11 is 2.98. The lowest BCUT2D eigenvalue weighted by atomic mass is 10.6. The molecule has 6 nitrogen and oxygen atoms in total. The lowest BCUT2D eigenvalue weighted by Gasteiger charge is -1.95. The van der Waals surface area contributed by atoms with E-state index in [0.717, 1.165) is 16.6 Å². The van der Waals surface area contributed by atoms with Gasteiger partial charge in [-0.3, -0.25) is 0 Å². The topological polar surface area (TPSA) is 82.5 Å². The van der Waals surface area contributed by atoms with Crippen molar-refractivity contribution in [1.82, 2.24) is 25.2 Å². The summed E-state index contributed by atoms with van der Waals surface area (Å²) in [5.41, 5.74) is 6.47. The number of nitrogens with zero attached hydrogens (tertiary/aromatic N) is 5. The average molecular weight is 228 g/mol. The van der Waals surface area contributed by atoms with E-state index in [1.807, 2.05) is 5.38 Å². The molecule has 2 heterocycles. The Morgan fingerprint density at radius 3 is 3.07 bits per heavy atom. The molecule has 0 aliphatic carbocycles. The van der Waals surface area contributed by atoms with Gasteiger partial charge in [-0.2, -0.15) is 0 Å². The Morgan fingerprint density at radius 2 is 2.50 bits per heavy atom. The standard InChI is InChI=1S/C6H8N6S2/c1-12-6(9-10-11-12)14-3-4-2-13-5(7)8-4/h2H,3H2,1H3,(H2,7,8). The molecular weight excluding hydrogens is 220 g/mol. The maximum atomic E-state index is 5.51. The Kier molecular flexibility index (Phi) is 2.64. The minimum Gasteiger partial charge on any atom is -0.375 e. The maximum Gasteiger partial charge on any atom is 0.209 e. The number of thiazole rings is 1. The van der Waals surface area contributed by atoms with Crippen molar-refractivity contribution in [3.8, 4) is 0 Å². The molecule has 14 heavy (non-hydrogen) atoms. The third-order valence-corrected chi connectivity index (χ3v) is 3.27. The predicted molar refractivity (Wildman–Crippen MR) is 54.9 cm³/mol. The van der Waals surface area contributed by atoms with Crippen LogP contribution in [0.5, 0.6) is 0 Å². The van der Waals surface area contributed by atoms with Crippen molar-refractivity contribution in [2.75, 3.05) is 5.73 Å². The number of nitrogen functional groups attached to an aromatic ring is 1. The number of aryl methyl sites for hydroxylation is 1. The Balaban J connectivity index is 1.98. The third kappa shape index (κ3) is 2.02. The maximum absolute atomic E-state index is 5.51. The van der Waals surface area contributed by atoms with Crippen LogP contribution in [0.2, 0.25) is 0 Å². The molecule has 8 heteroatoms. The Hall–Kier alpha value is -1.15. The predicted octanol–water partition coefficient (Wildman–Crippen LogP) is 0.541. The SMILES string of the molecule is Cn1nnnc1SCc1csc(N)n1. The molecule has 74 valence electrons. The molecular formula is C6H8N6S2. The first kappa shape index (κ1) is 9.41. The summed E-state index contributed by atoms with van der Waals surface area (Å²) in [6, 6.07) is 0. The number of hydrogen-bond acceptors (Lipinski definition) is 7. The molecule has 0 aromatic carbocycles. The van der Waals surface area contributed by atoms with Crippen molar-refractivity contribution in [1.29, 1.82) is 0 Å². The van der Waals surface area contributed by atoms with Gasteiger partial charge in [0, 0.05) is 18.2 Å². The van der Waals surface area contributed by atoms with E-state index in [-0.39, 0.29) is 0 Å². The molecule has 0 aliphatic heterocycles. The minimum absolute atomic E-state index is 0.594. The number of aromatic nitrogens is 5. The first-order chi connectivity index (χ1) is 6.75. The van der Waals surface area contributed by atoms with Crippen molar-refractivity contribution in [3.05, 3.63) is 11.1 Å². The molecule has 2 aromatic rings. The molecule has 0 fully saturated rings. The van der Waals surface area contributed by atoms with E-state index in [1.165, 1.54) is 23.1 Å². The molecule has 0 atom stereocenters. The second-order valence-electron chi connectivity index (χ2n) is 2.55. The molecule has 0 radical (unpaired) electrons. The summed E-state index contributed by atoms with van der Waals surface area (Å²) < 4.78 is 1.63. The summed E-state index contributed by atoms with van der Waals surface area (Å²) in [5.74, 6) is 0.738. The number of anilines is 1. The lowest BCUT2D eigenvalue weighted by molar-refractivity contribution is 0.664. The zero-order chi connectivity index (χ0) is 9.97. The van der Waals surface area contributed by atoms with Crippen LogP contribution in [0.15, 0.2) is 10.5 Å². The monoisotopic (exact) mass is 228 g/mol. The quantitative estimate of drug-likeness (QED) is 0.772. The fraction of sp³-hybridized carbons (Fsp3) is 0.333. The zero-order valence-electron chi connectivity index (χ0n) is 7.41. The van der Waals surface area contributed by atoms with Gasteiger partial charge >= 0.3 is 0 Å². The van der Waals surface area contributed by atoms with Gasteiger partial charge < -0.3 is 5.73 Å². The Bertz CT molecular complexity index is 421. The Morgan fingerprint density at radius 1 is 1.64 bits per heavy atom.